The molecule has 1 fully saturated rings. The van der Waals surface area contributed by atoms with Crippen LogP contribution in [0.15, 0.2) is 18.2 Å². The van der Waals surface area contributed by atoms with E-state index in [9.17, 15) is 4.79 Å². The number of carbonyl (C=O) groups excluding carboxylic acids is 1. The van der Waals surface area contributed by atoms with Gasteiger partial charge in [-0.1, -0.05) is 31.4 Å². The Morgan fingerprint density at radius 3 is 2.65 bits per heavy atom. The summed E-state index contributed by atoms with van der Waals surface area (Å²) >= 11 is 6.03. The third-order valence-electron chi connectivity index (χ3n) is 3.50. The van der Waals surface area contributed by atoms with Crippen LogP contribution in [0, 0.1) is 5.41 Å². The van der Waals surface area contributed by atoms with Gasteiger partial charge in [0, 0.05) is 11.1 Å². The Morgan fingerprint density at radius 1 is 1.41 bits per heavy atom. The number of nitrogen functional groups attached to an aromatic ring is 1. The van der Waals surface area contributed by atoms with Crippen molar-refractivity contribution in [1.29, 1.82) is 0 Å². The van der Waals surface area contributed by atoms with Crippen molar-refractivity contribution in [2.45, 2.75) is 32.6 Å². The van der Waals surface area contributed by atoms with E-state index >= 15 is 0 Å². The highest BCUT2D eigenvalue weighted by molar-refractivity contribution is 6.34. The molecule has 3 N–H and O–H groups in total. The van der Waals surface area contributed by atoms with Crippen LogP contribution < -0.4 is 11.1 Å². The number of carbonyl (C=O) groups is 1. The zero-order chi connectivity index (χ0) is 12.5. The zero-order valence-electron chi connectivity index (χ0n) is 9.92. The topological polar surface area (TPSA) is 55.1 Å². The fourth-order valence-electron chi connectivity index (χ4n) is 2.29. The lowest BCUT2D eigenvalue weighted by atomic mass is 9.88. The molecule has 1 saturated carbocycles. The second kappa shape index (κ2) is 4.57. The Morgan fingerprint density at radius 2 is 2.06 bits per heavy atom. The molecule has 1 aromatic rings. The minimum atomic E-state index is -0.245. The van der Waals surface area contributed by atoms with E-state index in [1.54, 1.807) is 18.2 Å². The largest absolute Gasteiger partial charge is 0.399 e. The van der Waals surface area contributed by atoms with Gasteiger partial charge in [-0.2, -0.15) is 0 Å². The zero-order valence-corrected chi connectivity index (χ0v) is 10.7. The number of anilines is 2. The molecular formula is C13H17ClN2O. The van der Waals surface area contributed by atoms with Crippen molar-refractivity contribution in [3.05, 3.63) is 23.2 Å². The number of nitrogens with two attached hydrogens (primary N) is 1. The second-order valence-electron chi connectivity index (χ2n) is 4.96. The maximum Gasteiger partial charge on any atom is 0.230 e. The molecule has 0 radical (unpaired) electrons. The molecule has 1 aliphatic carbocycles. The van der Waals surface area contributed by atoms with Crippen molar-refractivity contribution >= 4 is 28.9 Å². The van der Waals surface area contributed by atoms with Crippen molar-refractivity contribution in [3.63, 3.8) is 0 Å². The number of nitrogens with one attached hydrogen (secondary N) is 1. The van der Waals surface area contributed by atoms with Crippen LogP contribution in [0.3, 0.4) is 0 Å². The molecule has 3 nitrogen and oxygen atoms in total. The van der Waals surface area contributed by atoms with Gasteiger partial charge in [-0.3, -0.25) is 4.79 Å². The average Bonchev–Trinajstić information content (AvgIpc) is 2.71. The molecule has 0 saturated heterocycles. The van der Waals surface area contributed by atoms with Gasteiger partial charge >= 0.3 is 0 Å². The summed E-state index contributed by atoms with van der Waals surface area (Å²) in [5, 5.41) is 3.38. The van der Waals surface area contributed by atoms with Crippen molar-refractivity contribution in [1.82, 2.24) is 0 Å². The summed E-state index contributed by atoms with van der Waals surface area (Å²) in [5.41, 5.74) is 6.60. The third kappa shape index (κ3) is 2.55. The van der Waals surface area contributed by atoms with Crippen LogP contribution in [0.5, 0.6) is 0 Å². The maximum atomic E-state index is 12.2. The van der Waals surface area contributed by atoms with E-state index in [1.807, 2.05) is 6.92 Å². The fourth-order valence-corrected chi connectivity index (χ4v) is 2.52. The van der Waals surface area contributed by atoms with Gasteiger partial charge < -0.3 is 11.1 Å². The molecule has 2 rings (SSSR count). The predicted molar refractivity (Wildman–Crippen MR) is 71.1 cm³/mol. The number of halogens is 1. The van der Waals surface area contributed by atoms with E-state index < -0.39 is 0 Å². The van der Waals surface area contributed by atoms with Gasteiger partial charge in [-0.05, 0) is 31.0 Å². The van der Waals surface area contributed by atoms with Crippen molar-refractivity contribution in [3.8, 4) is 0 Å². The molecule has 0 bridgehead atoms. The Labute approximate surface area is 106 Å². The van der Waals surface area contributed by atoms with Crippen LogP contribution in [0.1, 0.15) is 32.6 Å². The summed E-state index contributed by atoms with van der Waals surface area (Å²) in [4.78, 5) is 12.2. The predicted octanol–water partition coefficient (Wildman–Crippen LogP) is 3.44. The average molecular weight is 253 g/mol. The Bertz CT molecular complexity index is 439. The van der Waals surface area contributed by atoms with Crippen molar-refractivity contribution in [2.24, 2.45) is 5.41 Å². The third-order valence-corrected chi connectivity index (χ3v) is 3.81. The maximum absolute atomic E-state index is 12.2. The first-order valence-corrected chi connectivity index (χ1v) is 6.25. The van der Waals surface area contributed by atoms with Gasteiger partial charge in [-0.15, -0.1) is 0 Å². The highest BCUT2D eigenvalue weighted by atomic mass is 35.5. The Kier molecular flexibility index (Phi) is 3.29. The molecule has 0 atom stereocenters. The van der Waals surface area contributed by atoms with E-state index in [0.29, 0.717) is 16.4 Å². The highest BCUT2D eigenvalue weighted by Gasteiger charge is 2.36. The molecule has 4 heteroatoms. The number of rotatable bonds is 2. The van der Waals surface area contributed by atoms with E-state index in [4.69, 9.17) is 17.3 Å². The van der Waals surface area contributed by atoms with Crippen LogP contribution in [0.4, 0.5) is 11.4 Å². The van der Waals surface area contributed by atoms with Gasteiger partial charge in [0.2, 0.25) is 5.91 Å². The number of hydrogen-bond donors (Lipinski definition) is 2. The summed E-state index contributed by atoms with van der Waals surface area (Å²) < 4.78 is 0. The Balaban J connectivity index is 2.13. The van der Waals surface area contributed by atoms with Gasteiger partial charge in [0.05, 0.1) is 10.7 Å². The van der Waals surface area contributed by atoms with Gasteiger partial charge in [0.1, 0.15) is 0 Å². The first-order valence-electron chi connectivity index (χ1n) is 5.88. The smallest absolute Gasteiger partial charge is 0.230 e. The molecule has 1 aliphatic rings. The van der Waals surface area contributed by atoms with E-state index in [1.165, 1.54) is 0 Å². The van der Waals surface area contributed by atoms with Crippen LogP contribution in [-0.4, -0.2) is 5.91 Å². The summed E-state index contributed by atoms with van der Waals surface area (Å²) in [6.07, 6.45) is 4.15. The normalized spacial score (nSPS) is 18.0. The first kappa shape index (κ1) is 12.2. The molecule has 0 heterocycles. The minimum Gasteiger partial charge on any atom is -0.399 e. The van der Waals surface area contributed by atoms with Gasteiger partial charge in [0.25, 0.3) is 0 Å². The first-order chi connectivity index (χ1) is 8.01. The fraction of sp³-hybridized carbons (Fsp3) is 0.462. The lowest BCUT2D eigenvalue weighted by molar-refractivity contribution is -0.124. The molecule has 1 aromatic carbocycles. The highest BCUT2D eigenvalue weighted by Crippen LogP contribution is 2.39. The molecule has 0 aliphatic heterocycles. The van der Waals surface area contributed by atoms with Crippen LogP contribution in [0.25, 0.3) is 0 Å². The van der Waals surface area contributed by atoms with Crippen molar-refractivity contribution in [2.75, 3.05) is 11.1 Å². The number of amides is 1. The van der Waals surface area contributed by atoms with E-state index in [2.05, 4.69) is 5.32 Å². The Hall–Kier alpha value is -1.22. The minimum absolute atomic E-state index is 0.0571. The SMILES string of the molecule is CC1(C(=O)Nc2ccc(N)cc2Cl)CCCC1. The van der Waals surface area contributed by atoms with Crippen LogP contribution in [-0.2, 0) is 4.79 Å². The standard InChI is InChI=1S/C13H17ClN2O/c1-13(6-2-3-7-13)12(17)16-11-5-4-9(15)8-10(11)14/h4-5,8H,2-3,6-7,15H2,1H3,(H,16,17). The molecule has 0 spiro atoms. The molecule has 1 amide bonds. The summed E-state index contributed by atoms with van der Waals surface area (Å²) in [5.74, 6) is 0.0571. The summed E-state index contributed by atoms with van der Waals surface area (Å²) in [6, 6.07) is 5.13. The molecule has 0 unspecified atom stereocenters. The quantitative estimate of drug-likeness (QED) is 0.793. The molecule has 0 aromatic heterocycles. The lowest BCUT2D eigenvalue weighted by Gasteiger charge is -2.22. The summed E-state index contributed by atoms with van der Waals surface area (Å²) in [6.45, 7) is 2.01. The van der Waals surface area contributed by atoms with Crippen molar-refractivity contribution < 1.29 is 4.79 Å². The monoisotopic (exact) mass is 252 g/mol. The molecular weight excluding hydrogens is 236 g/mol. The van der Waals surface area contributed by atoms with Crippen LogP contribution >= 0.6 is 11.6 Å². The lowest BCUT2D eigenvalue weighted by Crippen LogP contribution is -2.30. The van der Waals surface area contributed by atoms with E-state index in [0.717, 1.165) is 25.7 Å². The van der Waals surface area contributed by atoms with E-state index in [-0.39, 0.29) is 11.3 Å². The molecule has 92 valence electrons. The number of benzene rings is 1. The van der Waals surface area contributed by atoms with Crippen LogP contribution in [0.2, 0.25) is 5.02 Å². The number of hydrogen-bond acceptors (Lipinski definition) is 2. The van der Waals surface area contributed by atoms with Gasteiger partial charge in [0.15, 0.2) is 0 Å². The molecule has 17 heavy (non-hydrogen) atoms. The van der Waals surface area contributed by atoms with Gasteiger partial charge in [-0.25, -0.2) is 0 Å². The second-order valence-corrected chi connectivity index (χ2v) is 5.37. The summed E-state index contributed by atoms with van der Waals surface area (Å²) in [7, 11) is 0.